The van der Waals surface area contributed by atoms with Gasteiger partial charge in [0, 0.05) is 17.7 Å². The highest BCUT2D eigenvalue weighted by molar-refractivity contribution is 6.32. The third-order valence-corrected chi connectivity index (χ3v) is 4.61. The molecule has 0 heterocycles. The van der Waals surface area contributed by atoms with Gasteiger partial charge < -0.3 is 9.47 Å². The standard InChI is InChI=1S/C23H19ClN4O4/c1-2-31-22-12-16(14-26-27-19-7-9-20(10-8-19)28(29)30)11-21(24)23(22)32-15-18-6-4-3-5-17(18)13-25/h3-12,14,27H,2,15H2,1H3/b26-14-. The number of nitro benzene ring substituents is 1. The third kappa shape index (κ3) is 5.74. The maximum absolute atomic E-state index is 10.7. The fourth-order valence-electron chi connectivity index (χ4n) is 2.81. The Hall–Kier alpha value is -4.09. The Morgan fingerprint density at radius 2 is 1.94 bits per heavy atom. The first-order valence-electron chi connectivity index (χ1n) is 9.62. The summed E-state index contributed by atoms with van der Waals surface area (Å²) in [5.41, 5.74) is 5.34. The first-order chi connectivity index (χ1) is 15.5. The summed E-state index contributed by atoms with van der Waals surface area (Å²) in [4.78, 5) is 10.3. The quantitative estimate of drug-likeness (QED) is 0.260. The van der Waals surface area contributed by atoms with E-state index in [4.69, 9.17) is 21.1 Å². The zero-order chi connectivity index (χ0) is 22.9. The summed E-state index contributed by atoms with van der Waals surface area (Å²) < 4.78 is 11.6. The molecule has 0 atom stereocenters. The van der Waals surface area contributed by atoms with Crippen molar-refractivity contribution >= 4 is 29.2 Å². The van der Waals surface area contributed by atoms with E-state index < -0.39 is 4.92 Å². The van der Waals surface area contributed by atoms with Crippen molar-refractivity contribution in [2.75, 3.05) is 12.0 Å². The zero-order valence-electron chi connectivity index (χ0n) is 17.1. The number of nitrogens with one attached hydrogen (secondary N) is 1. The molecule has 9 heteroatoms. The molecule has 0 saturated heterocycles. The molecule has 0 aliphatic rings. The van der Waals surface area contributed by atoms with Gasteiger partial charge in [-0.2, -0.15) is 10.4 Å². The molecule has 0 aliphatic carbocycles. The fourth-order valence-corrected chi connectivity index (χ4v) is 3.08. The topological polar surface area (TPSA) is 110 Å². The van der Waals surface area contributed by atoms with Crippen molar-refractivity contribution < 1.29 is 14.4 Å². The van der Waals surface area contributed by atoms with Gasteiger partial charge in [-0.25, -0.2) is 0 Å². The average Bonchev–Trinajstić information content (AvgIpc) is 2.79. The van der Waals surface area contributed by atoms with E-state index in [0.29, 0.717) is 39.9 Å². The molecule has 3 rings (SSSR count). The molecule has 0 saturated carbocycles. The molecule has 3 aromatic carbocycles. The first-order valence-corrected chi connectivity index (χ1v) is 10.00. The van der Waals surface area contributed by atoms with Crippen molar-refractivity contribution in [1.82, 2.24) is 0 Å². The van der Waals surface area contributed by atoms with Gasteiger partial charge in [-0.1, -0.05) is 29.8 Å². The number of hydrazone groups is 1. The van der Waals surface area contributed by atoms with Crippen LogP contribution in [0.15, 0.2) is 65.8 Å². The second-order valence-corrected chi connectivity index (χ2v) is 6.90. The van der Waals surface area contributed by atoms with Crippen molar-refractivity contribution in [2.24, 2.45) is 5.10 Å². The van der Waals surface area contributed by atoms with E-state index in [-0.39, 0.29) is 12.3 Å². The molecular formula is C23H19ClN4O4. The second kappa shape index (κ2) is 10.8. The zero-order valence-corrected chi connectivity index (χ0v) is 17.9. The van der Waals surface area contributed by atoms with Crippen molar-refractivity contribution in [3.63, 3.8) is 0 Å². The summed E-state index contributed by atoms with van der Waals surface area (Å²) in [5, 5.41) is 24.4. The molecule has 0 amide bonds. The number of benzene rings is 3. The van der Waals surface area contributed by atoms with Crippen LogP contribution in [0, 0.1) is 21.4 Å². The molecule has 0 aromatic heterocycles. The van der Waals surface area contributed by atoms with E-state index in [0.717, 1.165) is 5.56 Å². The van der Waals surface area contributed by atoms with E-state index in [1.807, 2.05) is 19.1 Å². The summed E-state index contributed by atoms with van der Waals surface area (Å²) in [6.45, 7) is 2.42. The third-order valence-electron chi connectivity index (χ3n) is 4.33. The lowest BCUT2D eigenvalue weighted by Gasteiger charge is -2.15. The molecule has 0 bridgehead atoms. The molecule has 1 N–H and O–H groups in total. The van der Waals surface area contributed by atoms with Crippen LogP contribution in [-0.4, -0.2) is 17.7 Å². The highest BCUT2D eigenvalue weighted by atomic mass is 35.5. The normalized spacial score (nSPS) is 10.5. The minimum Gasteiger partial charge on any atom is -0.490 e. The minimum atomic E-state index is -0.465. The number of nitrogens with zero attached hydrogens (tertiary/aromatic N) is 3. The van der Waals surface area contributed by atoms with Crippen molar-refractivity contribution in [3.8, 4) is 17.6 Å². The number of hydrogen-bond acceptors (Lipinski definition) is 7. The molecular weight excluding hydrogens is 432 g/mol. The highest BCUT2D eigenvalue weighted by Crippen LogP contribution is 2.37. The highest BCUT2D eigenvalue weighted by Gasteiger charge is 2.13. The van der Waals surface area contributed by atoms with Gasteiger partial charge in [0.15, 0.2) is 11.5 Å². The number of ether oxygens (including phenoxy) is 2. The smallest absolute Gasteiger partial charge is 0.269 e. The Bertz CT molecular complexity index is 1170. The van der Waals surface area contributed by atoms with Crippen molar-refractivity contribution in [2.45, 2.75) is 13.5 Å². The lowest BCUT2D eigenvalue weighted by molar-refractivity contribution is -0.384. The molecule has 32 heavy (non-hydrogen) atoms. The van der Waals surface area contributed by atoms with Crippen LogP contribution in [0.2, 0.25) is 5.02 Å². The van der Waals surface area contributed by atoms with Gasteiger partial charge in [0.05, 0.1) is 40.1 Å². The Morgan fingerprint density at radius 3 is 2.62 bits per heavy atom. The van der Waals surface area contributed by atoms with Crippen LogP contribution >= 0.6 is 11.6 Å². The molecule has 0 aliphatic heterocycles. The Morgan fingerprint density at radius 1 is 1.19 bits per heavy atom. The van der Waals surface area contributed by atoms with Gasteiger partial charge in [-0.15, -0.1) is 0 Å². The van der Waals surface area contributed by atoms with Crippen LogP contribution in [0.5, 0.6) is 11.5 Å². The minimum absolute atomic E-state index is 0.000602. The van der Waals surface area contributed by atoms with Crippen molar-refractivity contribution in [3.05, 3.63) is 92.5 Å². The van der Waals surface area contributed by atoms with Crippen molar-refractivity contribution in [1.29, 1.82) is 5.26 Å². The Labute approximate surface area is 189 Å². The maximum atomic E-state index is 10.7. The molecule has 0 radical (unpaired) electrons. The van der Waals surface area contributed by atoms with Gasteiger partial charge in [-0.05, 0) is 42.8 Å². The second-order valence-electron chi connectivity index (χ2n) is 6.49. The molecule has 0 spiro atoms. The fraction of sp³-hybridized carbons (Fsp3) is 0.130. The predicted molar refractivity (Wildman–Crippen MR) is 122 cm³/mol. The number of halogens is 1. The first kappa shape index (κ1) is 22.6. The van der Waals surface area contributed by atoms with Crippen LogP contribution in [-0.2, 0) is 6.61 Å². The maximum Gasteiger partial charge on any atom is 0.269 e. The molecule has 0 unspecified atom stereocenters. The van der Waals surface area contributed by atoms with Crippen LogP contribution < -0.4 is 14.9 Å². The lowest BCUT2D eigenvalue weighted by Crippen LogP contribution is -2.03. The summed E-state index contributed by atoms with van der Waals surface area (Å²) in [6.07, 6.45) is 1.55. The van der Waals surface area contributed by atoms with Crippen LogP contribution in [0.4, 0.5) is 11.4 Å². The Balaban J connectivity index is 1.75. The number of rotatable bonds is 9. The van der Waals surface area contributed by atoms with Gasteiger partial charge in [0.1, 0.15) is 6.61 Å². The lowest BCUT2D eigenvalue weighted by atomic mass is 10.1. The van der Waals surface area contributed by atoms with Crippen LogP contribution in [0.1, 0.15) is 23.6 Å². The van der Waals surface area contributed by atoms with E-state index >= 15 is 0 Å². The average molecular weight is 451 g/mol. The molecule has 8 nitrogen and oxygen atoms in total. The van der Waals surface area contributed by atoms with Gasteiger partial charge in [0.25, 0.3) is 5.69 Å². The van der Waals surface area contributed by atoms with E-state index in [1.165, 1.54) is 12.1 Å². The molecule has 0 fully saturated rings. The molecule has 3 aromatic rings. The summed E-state index contributed by atoms with van der Waals surface area (Å²) in [7, 11) is 0. The van der Waals surface area contributed by atoms with Gasteiger partial charge in [0.2, 0.25) is 0 Å². The largest absolute Gasteiger partial charge is 0.490 e. The number of nitro groups is 1. The van der Waals surface area contributed by atoms with Gasteiger partial charge in [-0.3, -0.25) is 15.5 Å². The number of nitriles is 1. The summed E-state index contributed by atoms with van der Waals surface area (Å²) in [5.74, 6) is 0.827. The van der Waals surface area contributed by atoms with Crippen LogP contribution in [0.3, 0.4) is 0 Å². The summed E-state index contributed by atoms with van der Waals surface area (Å²) >= 11 is 6.44. The monoisotopic (exact) mass is 450 g/mol. The summed E-state index contributed by atoms with van der Waals surface area (Å²) in [6, 6.07) is 18.6. The number of hydrogen-bond donors (Lipinski definition) is 1. The van der Waals surface area contributed by atoms with Crippen LogP contribution in [0.25, 0.3) is 0 Å². The van der Waals surface area contributed by atoms with E-state index in [1.54, 1.807) is 42.6 Å². The van der Waals surface area contributed by atoms with Gasteiger partial charge >= 0.3 is 0 Å². The number of anilines is 1. The Kier molecular flexibility index (Phi) is 7.62. The number of non-ortho nitro benzene ring substituents is 1. The molecule has 162 valence electrons. The SMILES string of the molecule is CCOc1cc(/C=N\Nc2ccc([N+](=O)[O-])cc2)cc(Cl)c1OCc1ccccc1C#N. The van der Waals surface area contributed by atoms with E-state index in [9.17, 15) is 15.4 Å². The predicted octanol–water partition coefficient (Wildman–Crippen LogP) is 5.54. The van der Waals surface area contributed by atoms with E-state index in [2.05, 4.69) is 16.6 Å².